The molecule has 0 saturated carbocycles. The van der Waals surface area contributed by atoms with Crippen LogP contribution in [0.25, 0.3) is 0 Å². The van der Waals surface area contributed by atoms with Gasteiger partial charge in [-0.1, -0.05) is 11.6 Å². The molecule has 1 aliphatic rings. The summed E-state index contributed by atoms with van der Waals surface area (Å²) in [6.07, 6.45) is 11.5. The van der Waals surface area contributed by atoms with Crippen LogP contribution in [0.2, 0.25) is 0 Å². The topological polar surface area (TPSA) is 43.8 Å². The summed E-state index contributed by atoms with van der Waals surface area (Å²) < 4.78 is 2.00. The maximum Gasteiger partial charge on any atom is 0.0640 e. The van der Waals surface area contributed by atoms with Crippen molar-refractivity contribution >= 4 is 0 Å². The maximum absolute atomic E-state index is 6.23. The summed E-state index contributed by atoms with van der Waals surface area (Å²) in [6, 6.07) is 2.73. The van der Waals surface area contributed by atoms with Gasteiger partial charge in [0.1, 0.15) is 0 Å². The van der Waals surface area contributed by atoms with Gasteiger partial charge < -0.3 is 5.73 Å². The third-order valence-electron chi connectivity index (χ3n) is 3.57. The van der Waals surface area contributed by atoms with Crippen molar-refractivity contribution in [2.24, 2.45) is 5.73 Å². The van der Waals surface area contributed by atoms with Gasteiger partial charge in [0.15, 0.2) is 0 Å². The Balaban J connectivity index is 1.86. The van der Waals surface area contributed by atoms with E-state index in [1.54, 1.807) is 5.57 Å². The summed E-state index contributed by atoms with van der Waals surface area (Å²) in [5, 5.41) is 4.56. The van der Waals surface area contributed by atoms with Crippen molar-refractivity contribution in [3.8, 4) is 0 Å². The molecule has 0 spiro atoms. The molecule has 3 heteroatoms. The second kappa shape index (κ2) is 6.19. The number of rotatable bonds is 5. The Labute approximate surface area is 110 Å². The minimum Gasteiger partial charge on any atom is -0.327 e. The number of nitrogens with zero attached hydrogens (tertiary/aromatic N) is 2. The molecule has 0 radical (unpaired) electrons. The highest BCUT2D eigenvalue weighted by Gasteiger charge is 2.11. The molecular weight excluding hydrogens is 222 g/mol. The first-order valence-electron chi connectivity index (χ1n) is 7.12. The Hall–Kier alpha value is -1.09. The first-order valence-corrected chi connectivity index (χ1v) is 7.12. The fourth-order valence-corrected chi connectivity index (χ4v) is 2.54. The van der Waals surface area contributed by atoms with E-state index in [9.17, 15) is 0 Å². The summed E-state index contributed by atoms with van der Waals surface area (Å²) in [5.74, 6) is 0. The highest BCUT2D eigenvalue weighted by atomic mass is 15.3. The van der Waals surface area contributed by atoms with Gasteiger partial charge in [0.05, 0.1) is 5.69 Å². The Kier molecular flexibility index (Phi) is 4.59. The highest BCUT2D eigenvalue weighted by molar-refractivity contribution is 5.09. The van der Waals surface area contributed by atoms with Gasteiger partial charge >= 0.3 is 0 Å². The third kappa shape index (κ3) is 3.70. The molecule has 18 heavy (non-hydrogen) atoms. The van der Waals surface area contributed by atoms with Crippen LogP contribution in [0.4, 0.5) is 0 Å². The molecule has 1 atom stereocenters. The zero-order chi connectivity index (χ0) is 13.0. The minimum atomic E-state index is 0.213. The van der Waals surface area contributed by atoms with Crippen molar-refractivity contribution in [3.63, 3.8) is 0 Å². The molecule has 0 aromatic carbocycles. The van der Waals surface area contributed by atoms with Crippen LogP contribution in [0.15, 0.2) is 23.9 Å². The van der Waals surface area contributed by atoms with Crippen LogP contribution in [0.5, 0.6) is 0 Å². The Bertz CT molecular complexity index is 404. The van der Waals surface area contributed by atoms with Gasteiger partial charge in [-0.2, -0.15) is 5.10 Å². The van der Waals surface area contributed by atoms with Crippen molar-refractivity contribution in [1.29, 1.82) is 0 Å². The van der Waals surface area contributed by atoms with E-state index >= 15 is 0 Å². The predicted octanol–water partition coefficient (Wildman–Crippen LogP) is 3.22. The van der Waals surface area contributed by atoms with E-state index in [-0.39, 0.29) is 6.04 Å². The average molecular weight is 247 g/mol. The van der Waals surface area contributed by atoms with Crippen molar-refractivity contribution < 1.29 is 0 Å². The number of aromatic nitrogens is 2. The lowest BCUT2D eigenvalue weighted by molar-refractivity contribution is 0.519. The summed E-state index contributed by atoms with van der Waals surface area (Å²) >= 11 is 0. The van der Waals surface area contributed by atoms with Crippen LogP contribution in [-0.4, -0.2) is 15.8 Å². The predicted molar refractivity (Wildman–Crippen MR) is 75.5 cm³/mol. The van der Waals surface area contributed by atoms with E-state index in [1.807, 2.05) is 10.9 Å². The number of hydrogen-bond acceptors (Lipinski definition) is 2. The highest BCUT2D eigenvalue weighted by Crippen LogP contribution is 2.21. The summed E-state index contributed by atoms with van der Waals surface area (Å²) in [5.41, 5.74) is 8.90. The zero-order valence-electron chi connectivity index (χ0n) is 11.6. The van der Waals surface area contributed by atoms with Gasteiger partial charge in [-0.3, -0.25) is 4.68 Å². The van der Waals surface area contributed by atoms with E-state index < -0.39 is 0 Å². The molecule has 2 rings (SSSR count). The van der Waals surface area contributed by atoms with Crippen LogP contribution >= 0.6 is 0 Å². The van der Waals surface area contributed by atoms with Crippen molar-refractivity contribution in [2.75, 3.05) is 0 Å². The molecule has 1 aliphatic carbocycles. The molecule has 0 amide bonds. The van der Waals surface area contributed by atoms with Crippen molar-refractivity contribution in [2.45, 2.75) is 64.5 Å². The molecular formula is C15H25N3. The van der Waals surface area contributed by atoms with Crippen LogP contribution < -0.4 is 5.73 Å². The van der Waals surface area contributed by atoms with E-state index in [0.29, 0.717) is 6.04 Å². The SMILES string of the molecule is CC(C)n1ccc(CC(N)CC2=CCCCC2)n1. The van der Waals surface area contributed by atoms with E-state index in [4.69, 9.17) is 5.73 Å². The minimum absolute atomic E-state index is 0.213. The molecule has 1 aromatic rings. The first kappa shape index (κ1) is 13.3. The maximum atomic E-state index is 6.23. The van der Waals surface area contributed by atoms with Crippen molar-refractivity contribution in [1.82, 2.24) is 9.78 Å². The van der Waals surface area contributed by atoms with Crippen molar-refractivity contribution in [3.05, 3.63) is 29.6 Å². The lowest BCUT2D eigenvalue weighted by Gasteiger charge is -2.16. The summed E-state index contributed by atoms with van der Waals surface area (Å²) in [7, 11) is 0. The molecule has 1 unspecified atom stereocenters. The first-order chi connectivity index (χ1) is 8.65. The van der Waals surface area contributed by atoms with Crippen LogP contribution in [-0.2, 0) is 6.42 Å². The van der Waals surface area contributed by atoms with E-state index in [2.05, 4.69) is 31.1 Å². The lowest BCUT2D eigenvalue weighted by atomic mass is 9.93. The normalized spacial score (nSPS) is 17.9. The van der Waals surface area contributed by atoms with Gasteiger partial charge in [0.2, 0.25) is 0 Å². The van der Waals surface area contributed by atoms with Gasteiger partial charge in [-0.25, -0.2) is 0 Å². The number of nitrogens with two attached hydrogens (primary N) is 1. The number of hydrogen-bond donors (Lipinski definition) is 1. The Morgan fingerprint density at radius 3 is 2.78 bits per heavy atom. The molecule has 1 aromatic heterocycles. The van der Waals surface area contributed by atoms with Gasteiger partial charge in [-0.15, -0.1) is 0 Å². The quantitative estimate of drug-likeness (QED) is 0.812. The smallest absolute Gasteiger partial charge is 0.0640 e. The molecule has 100 valence electrons. The monoisotopic (exact) mass is 247 g/mol. The van der Waals surface area contributed by atoms with E-state index in [1.165, 1.54) is 25.7 Å². The number of allylic oxidation sites excluding steroid dienone is 1. The van der Waals surface area contributed by atoms with Crippen LogP contribution in [0.1, 0.15) is 57.7 Å². The van der Waals surface area contributed by atoms with Gasteiger partial charge in [-0.05, 0) is 52.0 Å². The average Bonchev–Trinajstić information content (AvgIpc) is 2.78. The third-order valence-corrected chi connectivity index (χ3v) is 3.57. The fraction of sp³-hybridized carbons (Fsp3) is 0.667. The molecule has 0 saturated heterocycles. The molecule has 1 heterocycles. The second-order valence-electron chi connectivity index (χ2n) is 5.66. The molecule has 3 nitrogen and oxygen atoms in total. The molecule has 0 fully saturated rings. The summed E-state index contributed by atoms with van der Waals surface area (Å²) in [4.78, 5) is 0. The molecule has 2 N–H and O–H groups in total. The van der Waals surface area contributed by atoms with Gasteiger partial charge in [0, 0.05) is 24.7 Å². The standard InChI is InChI=1S/C15H25N3/c1-12(2)18-9-8-15(17-18)11-14(16)10-13-6-4-3-5-7-13/h6,8-9,12,14H,3-5,7,10-11,16H2,1-2H3. The largest absolute Gasteiger partial charge is 0.327 e. The lowest BCUT2D eigenvalue weighted by Crippen LogP contribution is -2.24. The fourth-order valence-electron chi connectivity index (χ4n) is 2.54. The van der Waals surface area contributed by atoms with Gasteiger partial charge in [0.25, 0.3) is 0 Å². The van der Waals surface area contributed by atoms with E-state index in [0.717, 1.165) is 18.5 Å². The zero-order valence-corrected chi connectivity index (χ0v) is 11.6. The summed E-state index contributed by atoms with van der Waals surface area (Å²) in [6.45, 7) is 4.28. The second-order valence-corrected chi connectivity index (χ2v) is 5.66. The van der Waals surface area contributed by atoms with Crippen LogP contribution in [0, 0.1) is 0 Å². The Morgan fingerprint density at radius 2 is 2.17 bits per heavy atom. The molecule has 0 bridgehead atoms. The Morgan fingerprint density at radius 1 is 1.33 bits per heavy atom. The van der Waals surface area contributed by atoms with Crippen LogP contribution in [0.3, 0.4) is 0 Å². The molecule has 0 aliphatic heterocycles.